The van der Waals surface area contributed by atoms with Gasteiger partial charge in [0.2, 0.25) is 0 Å². The number of Topliss-reactive ketones (excluding diaryl/α,β-unsaturated/α-hetero) is 1. The minimum Gasteiger partial charge on any atom is -0.450 e. The Hall–Kier alpha value is -3.02. The molecule has 14 heteroatoms. The number of halogens is 6. The van der Waals surface area contributed by atoms with Gasteiger partial charge in [-0.3, -0.25) is 9.36 Å². The van der Waals surface area contributed by atoms with Crippen LogP contribution >= 0.6 is 34.8 Å². The van der Waals surface area contributed by atoms with Gasteiger partial charge in [0.05, 0.1) is 23.1 Å². The van der Waals surface area contributed by atoms with Gasteiger partial charge in [0.1, 0.15) is 6.54 Å². The van der Waals surface area contributed by atoms with Crippen LogP contribution in [-0.4, -0.2) is 45.6 Å². The molecule has 2 aromatic carbocycles. The molecule has 210 valence electrons. The second-order valence-corrected chi connectivity index (χ2v) is 9.69. The van der Waals surface area contributed by atoms with Crippen molar-refractivity contribution < 1.29 is 27.5 Å². The predicted molar refractivity (Wildman–Crippen MR) is 141 cm³/mol. The summed E-state index contributed by atoms with van der Waals surface area (Å²) in [6, 6.07) is 10.9. The van der Waals surface area contributed by atoms with Gasteiger partial charge in [0, 0.05) is 36.0 Å². The van der Waals surface area contributed by atoms with Gasteiger partial charge >= 0.3 is 18.0 Å². The number of nitrogens with one attached hydrogen (secondary N) is 1. The number of ketones is 1. The van der Waals surface area contributed by atoms with Crippen molar-refractivity contribution in [2.24, 2.45) is 0 Å². The van der Waals surface area contributed by atoms with E-state index in [-0.39, 0.29) is 35.4 Å². The summed E-state index contributed by atoms with van der Waals surface area (Å²) in [5, 5.41) is 7.55. The van der Waals surface area contributed by atoms with E-state index in [4.69, 9.17) is 39.5 Å². The van der Waals surface area contributed by atoms with Gasteiger partial charge in [0.25, 0.3) is 0 Å². The van der Waals surface area contributed by atoms with E-state index in [1.807, 2.05) is 0 Å². The number of alkyl carbamates (subject to hydrolysis) is 1. The second kappa shape index (κ2) is 13.4. The van der Waals surface area contributed by atoms with Crippen molar-refractivity contribution in [2.45, 2.75) is 44.9 Å². The molecule has 1 heterocycles. The number of nitrogens with zero attached hydrogens (tertiary/aromatic N) is 3. The lowest BCUT2D eigenvalue weighted by Gasteiger charge is -2.19. The molecule has 0 saturated carbocycles. The van der Waals surface area contributed by atoms with Crippen molar-refractivity contribution in [3.05, 3.63) is 73.6 Å². The van der Waals surface area contributed by atoms with Crippen LogP contribution in [0.4, 0.5) is 18.0 Å². The molecule has 8 nitrogen and oxygen atoms in total. The number of carbonyl (C=O) groups is 2. The van der Waals surface area contributed by atoms with Gasteiger partial charge in [-0.25, -0.2) is 14.3 Å². The Bertz CT molecular complexity index is 1370. The Balaban J connectivity index is 1.89. The second-order valence-electron chi connectivity index (χ2n) is 8.47. The number of aromatic nitrogens is 3. The van der Waals surface area contributed by atoms with Crippen LogP contribution in [0.1, 0.15) is 31.2 Å². The average Bonchev–Trinajstić information content (AvgIpc) is 3.17. The number of ether oxygens (including phenoxy) is 1. The number of rotatable bonds is 11. The van der Waals surface area contributed by atoms with Crippen LogP contribution in [0.2, 0.25) is 15.1 Å². The highest BCUT2D eigenvalue weighted by Gasteiger charge is 2.29. The minimum absolute atomic E-state index is 0.0322. The lowest BCUT2D eigenvalue weighted by atomic mass is 9.93. The number of alkyl halides is 3. The van der Waals surface area contributed by atoms with E-state index >= 15 is 0 Å². The fourth-order valence-electron chi connectivity index (χ4n) is 3.82. The molecule has 0 saturated heterocycles. The maximum absolute atomic E-state index is 13.1. The van der Waals surface area contributed by atoms with Crippen molar-refractivity contribution in [1.82, 2.24) is 19.7 Å². The van der Waals surface area contributed by atoms with Gasteiger partial charge < -0.3 is 10.1 Å². The first-order chi connectivity index (χ1) is 18.4. The molecule has 0 radical (unpaired) electrons. The van der Waals surface area contributed by atoms with E-state index in [9.17, 15) is 27.6 Å². The third-order valence-electron chi connectivity index (χ3n) is 5.63. The molecule has 1 N–H and O–H groups in total. The highest BCUT2D eigenvalue weighted by molar-refractivity contribution is 6.42. The smallest absolute Gasteiger partial charge is 0.407 e. The summed E-state index contributed by atoms with van der Waals surface area (Å²) >= 11 is 18.4. The fraction of sp³-hybridized carbons (Fsp3) is 0.360. The van der Waals surface area contributed by atoms with Crippen LogP contribution in [0.3, 0.4) is 0 Å². The molecule has 39 heavy (non-hydrogen) atoms. The van der Waals surface area contributed by atoms with Crippen molar-refractivity contribution in [3.63, 3.8) is 0 Å². The summed E-state index contributed by atoms with van der Waals surface area (Å²) in [6.07, 6.45) is -6.66. The summed E-state index contributed by atoms with van der Waals surface area (Å²) in [6.45, 7) is 0.544. The molecule has 0 aliphatic carbocycles. The standard InChI is InChI=1S/C25H24Cl3F3N4O4/c1-2-39-23(37)32-13-16(19-4-3-5-20(27)21(19)28)12-18(36)14-35-24(38)34(11-10-25(29,30)31)22(33-35)15-6-8-17(26)9-7-15/h3-9,16H,2,10-14H2,1H3,(H,32,37). The van der Waals surface area contributed by atoms with Crippen molar-refractivity contribution in [1.29, 1.82) is 0 Å². The van der Waals surface area contributed by atoms with Gasteiger partial charge in [-0.1, -0.05) is 46.9 Å². The van der Waals surface area contributed by atoms with Crippen LogP contribution in [0, 0.1) is 0 Å². The number of hydrogen-bond donors (Lipinski definition) is 1. The van der Waals surface area contributed by atoms with Crippen molar-refractivity contribution in [2.75, 3.05) is 13.2 Å². The van der Waals surface area contributed by atoms with Crippen LogP contribution in [0.5, 0.6) is 0 Å². The Morgan fingerprint density at radius 2 is 1.79 bits per heavy atom. The minimum atomic E-state index is -4.51. The summed E-state index contributed by atoms with van der Waals surface area (Å²) in [5.41, 5.74) is -0.0362. The van der Waals surface area contributed by atoms with Gasteiger partial charge in [0.15, 0.2) is 11.6 Å². The number of carbonyl (C=O) groups excluding carboxylic acids is 2. The number of amides is 1. The Labute approximate surface area is 236 Å². The highest BCUT2D eigenvalue weighted by Crippen LogP contribution is 2.33. The molecule has 0 aliphatic rings. The predicted octanol–water partition coefficient (Wildman–Crippen LogP) is 6.11. The maximum Gasteiger partial charge on any atom is 0.407 e. The summed E-state index contributed by atoms with van der Waals surface area (Å²) in [4.78, 5) is 38.0. The quantitative estimate of drug-likeness (QED) is 0.284. The Morgan fingerprint density at radius 1 is 1.10 bits per heavy atom. The number of benzene rings is 2. The zero-order valence-electron chi connectivity index (χ0n) is 20.6. The normalized spacial score (nSPS) is 12.3. The van der Waals surface area contributed by atoms with Crippen LogP contribution in [0.15, 0.2) is 47.3 Å². The maximum atomic E-state index is 13.1. The first-order valence-electron chi connectivity index (χ1n) is 11.8. The fourth-order valence-corrected chi connectivity index (χ4v) is 4.41. The third-order valence-corrected chi connectivity index (χ3v) is 6.72. The first kappa shape index (κ1) is 30.5. The summed E-state index contributed by atoms with van der Waals surface area (Å²) in [7, 11) is 0. The molecular weight excluding hydrogens is 584 g/mol. The summed E-state index contributed by atoms with van der Waals surface area (Å²) in [5.74, 6) is -1.16. The third kappa shape index (κ3) is 8.48. The van der Waals surface area contributed by atoms with E-state index in [1.165, 1.54) is 24.3 Å². The molecule has 1 amide bonds. The van der Waals surface area contributed by atoms with Crippen LogP contribution < -0.4 is 11.0 Å². The molecule has 1 atom stereocenters. The largest absolute Gasteiger partial charge is 0.450 e. The average molecular weight is 608 g/mol. The molecule has 1 aromatic heterocycles. The van der Waals surface area contributed by atoms with Crippen LogP contribution in [0.25, 0.3) is 11.4 Å². The SMILES string of the molecule is CCOC(=O)NCC(CC(=O)Cn1nc(-c2ccc(Cl)cc2)n(CCC(F)(F)F)c1=O)c1cccc(Cl)c1Cl. The van der Waals surface area contributed by atoms with Crippen molar-refractivity contribution in [3.8, 4) is 11.4 Å². The molecule has 0 spiro atoms. The molecule has 3 aromatic rings. The van der Waals surface area contributed by atoms with E-state index < -0.39 is 49.2 Å². The molecule has 0 fully saturated rings. The Morgan fingerprint density at radius 3 is 2.44 bits per heavy atom. The van der Waals surface area contributed by atoms with E-state index in [1.54, 1.807) is 25.1 Å². The lowest BCUT2D eigenvalue weighted by Crippen LogP contribution is -2.32. The highest BCUT2D eigenvalue weighted by atomic mass is 35.5. The van der Waals surface area contributed by atoms with E-state index in [0.29, 0.717) is 16.1 Å². The molecule has 0 bridgehead atoms. The first-order valence-corrected chi connectivity index (χ1v) is 12.9. The lowest BCUT2D eigenvalue weighted by molar-refractivity contribution is -0.136. The molecule has 3 rings (SSSR count). The summed E-state index contributed by atoms with van der Waals surface area (Å²) < 4.78 is 45.4. The van der Waals surface area contributed by atoms with Crippen molar-refractivity contribution >= 4 is 46.7 Å². The monoisotopic (exact) mass is 606 g/mol. The van der Waals surface area contributed by atoms with E-state index in [0.717, 1.165) is 9.25 Å². The van der Waals surface area contributed by atoms with Crippen LogP contribution in [-0.2, 0) is 22.6 Å². The van der Waals surface area contributed by atoms with Gasteiger partial charge in [-0.2, -0.15) is 13.2 Å². The Kier molecular flexibility index (Phi) is 10.5. The number of hydrogen-bond acceptors (Lipinski definition) is 5. The molecule has 0 aliphatic heterocycles. The molecule has 1 unspecified atom stereocenters. The van der Waals surface area contributed by atoms with Gasteiger partial charge in [-0.15, -0.1) is 5.10 Å². The van der Waals surface area contributed by atoms with Gasteiger partial charge in [-0.05, 0) is 42.8 Å². The molecular formula is C25H24Cl3F3N4O4. The van der Waals surface area contributed by atoms with E-state index in [2.05, 4.69) is 10.4 Å². The topological polar surface area (TPSA) is 95.2 Å². The zero-order chi connectivity index (χ0) is 28.7. The zero-order valence-corrected chi connectivity index (χ0v) is 22.9.